The lowest BCUT2D eigenvalue weighted by Gasteiger charge is -2.41. The zero-order chi connectivity index (χ0) is 18.7. The summed E-state index contributed by atoms with van der Waals surface area (Å²) in [7, 11) is 0. The number of benzene rings is 1. The molecule has 1 aromatic carbocycles. The Morgan fingerprint density at radius 3 is 2.40 bits per heavy atom. The van der Waals surface area contributed by atoms with Crippen LogP contribution in [0.4, 0.5) is 13.2 Å². The van der Waals surface area contributed by atoms with Gasteiger partial charge >= 0.3 is 17.8 Å². The third-order valence-electron chi connectivity index (χ3n) is 4.40. The molecule has 0 aliphatic carbocycles. The number of carbonyl (C=O) groups is 2. The monoisotopic (exact) mass is 359 g/mol. The second-order valence-electron chi connectivity index (χ2n) is 5.92. The Morgan fingerprint density at radius 2 is 1.84 bits per heavy atom. The van der Waals surface area contributed by atoms with E-state index in [9.17, 15) is 22.8 Å². The lowest BCUT2D eigenvalue weighted by molar-refractivity contribution is -0.973. The zero-order valence-electron chi connectivity index (χ0n) is 14.2. The Bertz CT molecular complexity index is 648. The fourth-order valence-corrected chi connectivity index (χ4v) is 3.11. The van der Waals surface area contributed by atoms with Crippen LogP contribution in [0.1, 0.15) is 31.4 Å². The van der Waals surface area contributed by atoms with E-state index in [-0.39, 0.29) is 31.0 Å². The average Bonchev–Trinajstić information content (AvgIpc) is 2.58. The molecule has 0 aromatic heterocycles. The summed E-state index contributed by atoms with van der Waals surface area (Å²) in [5.74, 6) is -2.32. The Hall–Kier alpha value is -2.09. The normalized spacial score (nSPS) is 19.5. The van der Waals surface area contributed by atoms with Gasteiger partial charge in [0.25, 0.3) is 0 Å². The molecule has 2 N–H and O–H groups in total. The van der Waals surface area contributed by atoms with Gasteiger partial charge in [-0.3, -0.25) is 15.0 Å². The van der Waals surface area contributed by atoms with Crippen LogP contribution in [0.2, 0.25) is 0 Å². The molecule has 2 atom stereocenters. The van der Waals surface area contributed by atoms with E-state index in [1.165, 1.54) is 13.8 Å². The Kier molecular flexibility index (Phi) is 5.72. The molecule has 0 radical (unpaired) electrons. The van der Waals surface area contributed by atoms with Crippen LogP contribution >= 0.6 is 0 Å². The van der Waals surface area contributed by atoms with Gasteiger partial charge in [0.1, 0.15) is 6.54 Å². The second-order valence-corrected chi connectivity index (χ2v) is 5.92. The van der Waals surface area contributed by atoms with Crippen molar-refractivity contribution in [3.8, 4) is 0 Å². The molecule has 1 heterocycles. The summed E-state index contributed by atoms with van der Waals surface area (Å²) in [5, 5.41) is 1.93. The van der Waals surface area contributed by atoms with Crippen molar-refractivity contribution in [2.45, 2.75) is 45.1 Å². The molecule has 1 unspecified atom stereocenters. The maximum absolute atomic E-state index is 14.1. The van der Waals surface area contributed by atoms with Crippen molar-refractivity contribution < 1.29 is 32.4 Å². The van der Waals surface area contributed by atoms with Gasteiger partial charge in [0.05, 0.1) is 13.2 Å². The van der Waals surface area contributed by atoms with Crippen LogP contribution in [0.25, 0.3) is 0 Å². The van der Waals surface area contributed by atoms with Crippen molar-refractivity contribution >= 4 is 11.9 Å². The standard InChI is InChI=1S/C17H21F3N2O3/c1-3-14(23)21-16(17(18,19)20,15(24)25-4-2)22-10-9-12-7-5-6-8-13(12)11-22/h5-8H,3-4,9-11H2,1-2H3,(H,21,23)/p+1/t16-/m0/s1. The summed E-state index contributed by atoms with van der Waals surface area (Å²) in [4.78, 5) is 24.2. The van der Waals surface area contributed by atoms with Gasteiger partial charge in [0, 0.05) is 18.4 Å². The van der Waals surface area contributed by atoms with Gasteiger partial charge in [-0.25, -0.2) is 4.79 Å². The van der Waals surface area contributed by atoms with E-state index < -0.39 is 23.7 Å². The fourth-order valence-electron chi connectivity index (χ4n) is 3.11. The predicted molar refractivity (Wildman–Crippen MR) is 83.5 cm³/mol. The third kappa shape index (κ3) is 3.63. The minimum Gasteiger partial charge on any atom is -0.460 e. The number of hydrogen-bond acceptors (Lipinski definition) is 3. The van der Waals surface area contributed by atoms with Gasteiger partial charge in [-0.2, -0.15) is 13.2 Å². The SMILES string of the molecule is CCOC(=O)[C@](NC(=O)CC)([NH+]1CCc2ccccc2C1)C(F)(F)F. The molecule has 1 amide bonds. The molecule has 1 aliphatic heterocycles. The highest BCUT2D eigenvalue weighted by Gasteiger charge is 2.71. The summed E-state index contributed by atoms with van der Waals surface area (Å²) in [6.45, 7) is 2.68. The van der Waals surface area contributed by atoms with E-state index in [0.717, 1.165) is 11.1 Å². The van der Waals surface area contributed by atoms with Crippen molar-refractivity contribution in [3.05, 3.63) is 35.4 Å². The Morgan fingerprint density at radius 1 is 1.20 bits per heavy atom. The molecule has 0 saturated carbocycles. The van der Waals surface area contributed by atoms with Gasteiger partial charge in [-0.1, -0.05) is 31.2 Å². The van der Waals surface area contributed by atoms with Gasteiger partial charge < -0.3 is 4.74 Å². The number of alkyl halides is 3. The number of quaternary nitrogens is 1. The van der Waals surface area contributed by atoms with Crippen molar-refractivity contribution in [2.24, 2.45) is 0 Å². The first-order chi connectivity index (χ1) is 11.8. The number of amides is 1. The largest absolute Gasteiger partial charge is 0.478 e. The molecule has 0 bridgehead atoms. The molecule has 0 saturated heterocycles. The summed E-state index contributed by atoms with van der Waals surface area (Å²) >= 11 is 0. The van der Waals surface area contributed by atoms with E-state index in [2.05, 4.69) is 0 Å². The molecule has 138 valence electrons. The van der Waals surface area contributed by atoms with Crippen LogP contribution in [0, 0.1) is 0 Å². The van der Waals surface area contributed by atoms with E-state index in [1.54, 1.807) is 12.1 Å². The maximum atomic E-state index is 14.1. The molecular formula is C17H22F3N2O3+. The first-order valence-electron chi connectivity index (χ1n) is 8.23. The van der Waals surface area contributed by atoms with Crippen molar-refractivity contribution in [1.82, 2.24) is 5.32 Å². The predicted octanol–water partition coefficient (Wildman–Crippen LogP) is 0.975. The van der Waals surface area contributed by atoms with Crippen LogP contribution in [0.3, 0.4) is 0 Å². The molecule has 2 rings (SSSR count). The van der Waals surface area contributed by atoms with Gasteiger partial charge in [0.2, 0.25) is 5.91 Å². The molecule has 25 heavy (non-hydrogen) atoms. The molecular weight excluding hydrogens is 337 g/mol. The summed E-state index contributed by atoms with van der Waals surface area (Å²) in [6, 6.07) is 7.16. The van der Waals surface area contributed by atoms with Crippen molar-refractivity contribution in [2.75, 3.05) is 13.2 Å². The summed E-state index contributed by atoms with van der Waals surface area (Å²) in [6.07, 6.45) is -4.78. The molecule has 8 heteroatoms. The second kappa shape index (κ2) is 7.43. The average molecular weight is 359 g/mol. The number of hydrogen-bond donors (Lipinski definition) is 2. The number of fused-ring (bicyclic) bond motifs is 1. The quantitative estimate of drug-likeness (QED) is 0.771. The number of halogens is 3. The number of rotatable bonds is 5. The van der Waals surface area contributed by atoms with E-state index in [4.69, 9.17) is 4.74 Å². The van der Waals surface area contributed by atoms with Crippen molar-refractivity contribution in [3.63, 3.8) is 0 Å². The highest BCUT2D eigenvalue weighted by molar-refractivity contribution is 5.87. The maximum Gasteiger partial charge on any atom is 0.478 e. The van der Waals surface area contributed by atoms with Gasteiger partial charge in [-0.15, -0.1) is 0 Å². The van der Waals surface area contributed by atoms with Crippen LogP contribution in [0.15, 0.2) is 24.3 Å². The number of ether oxygens (including phenoxy) is 1. The number of esters is 1. The van der Waals surface area contributed by atoms with Crippen molar-refractivity contribution in [1.29, 1.82) is 0 Å². The van der Waals surface area contributed by atoms with E-state index in [1.807, 2.05) is 17.4 Å². The van der Waals surface area contributed by atoms with Crippen LogP contribution in [-0.2, 0) is 27.3 Å². The lowest BCUT2D eigenvalue weighted by Crippen LogP contribution is -3.25. The Labute approximate surface area is 144 Å². The van der Waals surface area contributed by atoms with E-state index >= 15 is 0 Å². The topological polar surface area (TPSA) is 59.8 Å². The smallest absolute Gasteiger partial charge is 0.460 e. The van der Waals surface area contributed by atoms with Crippen LogP contribution < -0.4 is 10.2 Å². The highest BCUT2D eigenvalue weighted by atomic mass is 19.4. The van der Waals surface area contributed by atoms with Gasteiger partial charge in [0.15, 0.2) is 0 Å². The first-order valence-corrected chi connectivity index (χ1v) is 8.23. The van der Waals surface area contributed by atoms with Gasteiger partial charge in [-0.05, 0) is 12.5 Å². The molecule has 5 nitrogen and oxygen atoms in total. The minimum atomic E-state index is -4.99. The number of nitrogens with one attached hydrogen (secondary N) is 2. The van der Waals surface area contributed by atoms with E-state index in [0.29, 0.717) is 6.42 Å². The molecule has 0 spiro atoms. The number of carbonyl (C=O) groups excluding carboxylic acids is 2. The third-order valence-corrected chi connectivity index (χ3v) is 4.40. The highest BCUT2D eigenvalue weighted by Crippen LogP contribution is 2.29. The fraction of sp³-hybridized carbons (Fsp3) is 0.529. The first kappa shape index (κ1) is 19.2. The summed E-state index contributed by atoms with van der Waals surface area (Å²) < 4.78 is 46.9. The minimum absolute atomic E-state index is 0.0293. The van der Waals surface area contributed by atoms with Crippen LogP contribution in [0.5, 0.6) is 0 Å². The Balaban J connectivity index is 2.49. The molecule has 1 aromatic rings. The lowest BCUT2D eigenvalue weighted by atomic mass is 9.95. The summed E-state index contributed by atoms with van der Waals surface area (Å²) in [5.41, 5.74) is -1.43. The van der Waals surface area contributed by atoms with Crippen LogP contribution in [-0.4, -0.2) is 36.9 Å². The zero-order valence-corrected chi connectivity index (χ0v) is 14.2. The molecule has 1 aliphatic rings. The molecule has 0 fully saturated rings.